The topological polar surface area (TPSA) is 70.7 Å². The van der Waals surface area contributed by atoms with Crippen LogP contribution in [0.1, 0.15) is 35.2 Å². The molecule has 0 saturated carbocycles. The Kier molecular flexibility index (Phi) is 8.17. The zero-order chi connectivity index (χ0) is 23.6. The average Bonchev–Trinajstić information content (AvgIpc) is 3.42. The largest absolute Gasteiger partial charge is 0.494 e. The van der Waals surface area contributed by atoms with Crippen LogP contribution in [0.3, 0.4) is 0 Å². The Morgan fingerprint density at radius 2 is 1.62 bits per heavy atom. The van der Waals surface area contributed by atoms with Gasteiger partial charge in [0.2, 0.25) is 5.91 Å². The highest BCUT2D eigenvalue weighted by atomic mass is 16.5. The van der Waals surface area contributed by atoms with Gasteiger partial charge in [0.15, 0.2) is 0 Å². The van der Waals surface area contributed by atoms with Crippen LogP contribution in [-0.4, -0.2) is 43.0 Å². The van der Waals surface area contributed by atoms with Gasteiger partial charge in [-0.3, -0.25) is 9.59 Å². The first-order chi connectivity index (χ1) is 16.7. The maximum atomic E-state index is 12.4. The van der Waals surface area contributed by atoms with Gasteiger partial charge in [-0.25, -0.2) is 0 Å². The molecule has 34 heavy (non-hydrogen) atoms. The Bertz CT molecular complexity index is 1080. The van der Waals surface area contributed by atoms with Gasteiger partial charge >= 0.3 is 0 Å². The lowest BCUT2D eigenvalue weighted by Gasteiger charge is -2.15. The van der Waals surface area contributed by atoms with Gasteiger partial charge in [0, 0.05) is 36.1 Å². The number of carbonyl (C=O) groups is 2. The molecule has 0 bridgehead atoms. The van der Waals surface area contributed by atoms with Crippen LogP contribution in [0.25, 0.3) is 0 Å². The van der Waals surface area contributed by atoms with Crippen LogP contribution >= 0.6 is 0 Å². The molecular weight excluding hydrogens is 426 g/mol. The second kappa shape index (κ2) is 11.9. The lowest BCUT2D eigenvalue weighted by molar-refractivity contribution is -0.114. The smallest absolute Gasteiger partial charge is 0.253 e. The maximum Gasteiger partial charge on any atom is 0.253 e. The van der Waals surface area contributed by atoms with Crippen LogP contribution in [0.15, 0.2) is 78.9 Å². The first-order valence-electron chi connectivity index (χ1n) is 11.9. The normalized spacial score (nSPS) is 12.9. The highest BCUT2D eigenvalue weighted by molar-refractivity contribution is 5.96. The molecule has 0 radical (unpaired) electrons. The van der Waals surface area contributed by atoms with Crippen molar-refractivity contribution in [1.29, 1.82) is 0 Å². The van der Waals surface area contributed by atoms with Gasteiger partial charge in [0.05, 0.1) is 13.2 Å². The molecule has 0 unspecified atom stereocenters. The third-order valence-electron chi connectivity index (χ3n) is 5.82. The molecule has 2 N–H and O–H groups in total. The number of benzene rings is 3. The van der Waals surface area contributed by atoms with E-state index in [0.29, 0.717) is 17.9 Å². The van der Waals surface area contributed by atoms with Crippen LogP contribution in [0.5, 0.6) is 5.75 Å². The van der Waals surface area contributed by atoms with Crippen LogP contribution < -0.4 is 15.4 Å². The number of hydrogen-bond acceptors (Lipinski definition) is 4. The van der Waals surface area contributed by atoms with E-state index in [-0.39, 0.29) is 18.4 Å². The molecule has 1 heterocycles. The number of ether oxygens (including phenoxy) is 1. The third-order valence-corrected chi connectivity index (χ3v) is 5.82. The molecule has 176 valence electrons. The predicted molar refractivity (Wildman–Crippen MR) is 135 cm³/mol. The zero-order valence-corrected chi connectivity index (χ0v) is 19.3. The van der Waals surface area contributed by atoms with Crippen molar-refractivity contribution in [3.8, 4) is 5.75 Å². The number of likely N-dealkylation sites (tertiary alicyclic amines) is 1. The molecule has 0 aliphatic carbocycles. The first kappa shape index (κ1) is 23.4. The van der Waals surface area contributed by atoms with Gasteiger partial charge < -0.3 is 20.3 Å². The molecular formula is C28H31N3O3. The summed E-state index contributed by atoms with van der Waals surface area (Å²) in [5, 5.41) is 6.00. The summed E-state index contributed by atoms with van der Waals surface area (Å²) >= 11 is 0. The van der Waals surface area contributed by atoms with Crippen molar-refractivity contribution < 1.29 is 14.3 Å². The summed E-state index contributed by atoms with van der Waals surface area (Å²) < 4.78 is 5.87. The number of hydrogen-bond donors (Lipinski definition) is 2. The molecule has 1 fully saturated rings. The van der Waals surface area contributed by atoms with E-state index in [2.05, 4.69) is 22.8 Å². The number of rotatable bonds is 10. The summed E-state index contributed by atoms with van der Waals surface area (Å²) in [5.41, 5.74) is 3.45. The molecule has 0 atom stereocenters. The molecule has 6 nitrogen and oxygen atoms in total. The van der Waals surface area contributed by atoms with Gasteiger partial charge in [-0.1, -0.05) is 36.4 Å². The van der Waals surface area contributed by atoms with Crippen LogP contribution in [0.4, 0.5) is 11.4 Å². The third kappa shape index (κ3) is 6.85. The quantitative estimate of drug-likeness (QED) is 0.421. The monoisotopic (exact) mass is 457 g/mol. The SMILES string of the molecule is O=C(CNc1cccc(OCCCc2ccccc2)c1)Nc1ccc(C(=O)N2CCCC2)cc1. The summed E-state index contributed by atoms with van der Waals surface area (Å²) in [7, 11) is 0. The van der Waals surface area contributed by atoms with E-state index < -0.39 is 0 Å². The number of carbonyl (C=O) groups excluding carboxylic acids is 2. The summed E-state index contributed by atoms with van der Waals surface area (Å²) in [6.07, 6.45) is 4.05. The first-order valence-corrected chi connectivity index (χ1v) is 11.9. The molecule has 0 aromatic heterocycles. The molecule has 1 aliphatic rings. The molecule has 4 rings (SSSR count). The molecule has 1 saturated heterocycles. The fourth-order valence-electron chi connectivity index (χ4n) is 3.99. The average molecular weight is 458 g/mol. The Labute approximate surface area is 200 Å². The summed E-state index contributed by atoms with van der Waals surface area (Å²) in [4.78, 5) is 26.7. The van der Waals surface area contributed by atoms with Gasteiger partial charge in [0.25, 0.3) is 5.91 Å². The van der Waals surface area contributed by atoms with E-state index in [1.54, 1.807) is 24.3 Å². The number of nitrogens with zero attached hydrogens (tertiary/aromatic N) is 1. The van der Waals surface area contributed by atoms with Crippen molar-refractivity contribution in [2.45, 2.75) is 25.7 Å². The number of anilines is 2. The van der Waals surface area contributed by atoms with E-state index in [9.17, 15) is 9.59 Å². The fourth-order valence-corrected chi connectivity index (χ4v) is 3.99. The molecule has 1 aliphatic heterocycles. The van der Waals surface area contributed by atoms with E-state index in [0.717, 1.165) is 50.2 Å². The highest BCUT2D eigenvalue weighted by Crippen LogP contribution is 2.18. The molecule has 0 spiro atoms. The second-order valence-electron chi connectivity index (χ2n) is 8.44. The minimum Gasteiger partial charge on any atom is -0.494 e. The Morgan fingerprint density at radius 1 is 0.853 bits per heavy atom. The number of amides is 2. The predicted octanol–water partition coefficient (Wildman–Crippen LogP) is 4.98. The van der Waals surface area contributed by atoms with E-state index in [1.807, 2.05) is 47.4 Å². The standard InChI is InChI=1S/C28H31N3O3/c32-27(30-24-15-13-23(14-16-24)28(33)31-17-4-5-18-31)21-29-25-11-6-12-26(20-25)34-19-7-10-22-8-2-1-3-9-22/h1-3,6,8-9,11-16,20,29H,4-5,7,10,17-19,21H2,(H,30,32). The molecule has 3 aromatic rings. The van der Waals surface area contributed by atoms with Gasteiger partial charge in [-0.2, -0.15) is 0 Å². The molecule has 6 heteroatoms. The lowest BCUT2D eigenvalue weighted by Crippen LogP contribution is -2.27. The molecule has 3 aromatic carbocycles. The van der Waals surface area contributed by atoms with Gasteiger partial charge in [-0.15, -0.1) is 0 Å². The minimum absolute atomic E-state index is 0.0548. The summed E-state index contributed by atoms with van der Waals surface area (Å²) in [6.45, 7) is 2.41. The second-order valence-corrected chi connectivity index (χ2v) is 8.44. The lowest BCUT2D eigenvalue weighted by atomic mass is 10.1. The summed E-state index contributed by atoms with van der Waals surface area (Å²) in [5.74, 6) is 0.670. The summed E-state index contributed by atoms with van der Waals surface area (Å²) in [6, 6.07) is 25.1. The van der Waals surface area contributed by atoms with Crippen molar-refractivity contribution in [2.75, 3.05) is 36.9 Å². The molecule has 2 amide bonds. The number of nitrogens with one attached hydrogen (secondary N) is 2. The van der Waals surface area contributed by atoms with Gasteiger partial charge in [-0.05, 0) is 67.6 Å². The Hall–Kier alpha value is -3.80. The minimum atomic E-state index is -0.159. The highest BCUT2D eigenvalue weighted by Gasteiger charge is 2.19. The van der Waals surface area contributed by atoms with Gasteiger partial charge in [0.1, 0.15) is 5.75 Å². The van der Waals surface area contributed by atoms with E-state index >= 15 is 0 Å². The van der Waals surface area contributed by atoms with Crippen molar-refractivity contribution >= 4 is 23.2 Å². The van der Waals surface area contributed by atoms with E-state index in [1.165, 1.54) is 5.56 Å². The Morgan fingerprint density at radius 3 is 2.38 bits per heavy atom. The number of aryl methyl sites for hydroxylation is 1. The van der Waals surface area contributed by atoms with Crippen LogP contribution in [-0.2, 0) is 11.2 Å². The van der Waals surface area contributed by atoms with Crippen molar-refractivity contribution in [2.24, 2.45) is 0 Å². The van der Waals surface area contributed by atoms with Crippen molar-refractivity contribution in [3.05, 3.63) is 90.0 Å². The van der Waals surface area contributed by atoms with Crippen molar-refractivity contribution in [1.82, 2.24) is 4.90 Å². The van der Waals surface area contributed by atoms with E-state index in [4.69, 9.17) is 4.74 Å². The van der Waals surface area contributed by atoms with Crippen LogP contribution in [0.2, 0.25) is 0 Å². The zero-order valence-electron chi connectivity index (χ0n) is 19.3. The maximum absolute atomic E-state index is 12.4. The Balaban J connectivity index is 1.19. The van der Waals surface area contributed by atoms with Crippen molar-refractivity contribution in [3.63, 3.8) is 0 Å². The fraction of sp³-hybridized carbons (Fsp3) is 0.286. The van der Waals surface area contributed by atoms with Crippen LogP contribution in [0, 0.1) is 0 Å².